The number of benzene rings is 2. The van der Waals surface area contributed by atoms with Crippen molar-refractivity contribution in [2.75, 3.05) is 0 Å². The number of aliphatic hydroxyl groups is 2. The summed E-state index contributed by atoms with van der Waals surface area (Å²) in [6, 6.07) is 11.5. The molecule has 3 N–H and O–H groups in total. The molecule has 0 bridgehead atoms. The maximum absolute atomic E-state index is 13.5. The second-order valence-electron chi connectivity index (χ2n) is 8.05. The lowest BCUT2D eigenvalue weighted by molar-refractivity contribution is -0.522. The van der Waals surface area contributed by atoms with Gasteiger partial charge in [-0.25, -0.2) is 9.18 Å². The normalized spacial score (nSPS) is 14.6. The quantitative estimate of drug-likeness (QED) is 0.331. The van der Waals surface area contributed by atoms with Gasteiger partial charge >= 0.3 is 12.0 Å². The van der Waals surface area contributed by atoms with E-state index in [2.05, 4.69) is 0 Å². The summed E-state index contributed by atoms with van der Waals surface area (Å²) < 4.78 is 15.6. The minimum absolute atomic E-state index is 0.0253. The maximum Gasteiger partial charge on any atom is 0.382 e. The first-order chi connectivity index (χ1) is 15.6. The Labute approximate surface area is 189 Å². The van der Waals surface area contributed by atoms with Crippen LogP contribution < -0.4 is 0 Å². The van der Waals surface area contributed by atoms with Crippen molar-refractivity contribution >= 4 is 22.9 Å². The number of para-hydroxylation sites is 1. The summed E-state index contributed by atoms with van der Waals surface area (Å²) in [6.45, 7) is 3.99. The second kappa shape index (κ2) is 9.93. The lowest BCUT2D eigenvalue weighted by Crippen LogP contribution is -2.42. The van der Waals surface area contributed by atoms with E-state index < -0.39 is 35.6 Å². The molecule has 0 spiro atoms. The Bertz CT molecular complexity index is 1170. The zero-order valence-electron chi connectivity index (χ0n) is 18.1. The molecule has 174 valence electrons. The number of rotatable bonds is 9. The van der Waals surface area contributed by atoms with E-state index in [4.69, 9.17) is 5.11 Å². The lowest BCUT2D eigenvalue weighted by atomic mass is 10.0. The van der Waals surface area contributed by atoms with Crippen molar-refractivity contribution in [1.29, 1.82) is 0 Å². The van der Waals surface area contributed by atoms with Gasteiger partial charge in [0.2, 0.25) is 0 Å². The molecule has 0 saturated carbocycles. The number of hydrogen-bond donors (Lipinski definition) is 3. The number of aliphatic carboxylic acids is 1. The summed E-state index contributed by atoms with van der Waals surface area (Å²) in [4.78, 5) is 20.9. The van der Waals surface area contributed by atoms with Gasteiger partial charge in [-0.2, -0.15) is 0 Å². The van der Waals surface area contributed by atoms with Gasteiger partial charge in [-0.1, -0.05) is 36.4 Å². The maximum atomic E-state index is 13.5. The molecule has 3 atom stereocenters. The van der Waals surface area contributed by atoms with Crippen LogP contribution >= 0.6 is 0 Å². The highest BCUT2D eigenvalue weighted by atomic mass is 19.1. The van der Waals surface area contributed by atoms with Crippen molar-refractivity contribution in [3.63, 3.8) is 0 Å². The molecule has 8 nitrogen and oxygen atoms in total. The van der Waals surface area contributed by atoms with Gasteiger partial charge in [0.25, 0.3) is 0 Å². The van der Waals surface area contributed by atoms with Gasteiger partial charge in [0, 0.05) is 39.5 Å². The number of carboxylic acid groups (broad SMARTS) is 1. The SMILES string of the molecule is CC(C)n1c(/C=C/[C@@H](O)C[C@@H](O)C(C(=O)O)[N+](=O)[O-])c(-c2ccc(F)cc2)c2ccccc21. The van der Waals surface area contributed by atoms with Crippen LogP contribution in [0.5, 0.6) is 0 Å². The van der Waals surface area contributed by atoms with Crippen LogP contribution in [0.15, 0.2) is 54.6 Å². The van der Waals surface area contributed by atoms with E-state index in [0.29, 0.717) is 0 Å². The molecule has 0 radical (unpaired) electrons. The van der Waals surface area contributed by atoms with Gasteiger partial charge in [0.05, 0.1) is 6.10 Å². The fraction of sp³-hybridized carbons (Fsp3) is 0.292. The molecule has 9 heteroatoms. The summed E-state index contributed by atoms with van der Waals surface area (Å²) in [5.41, 5.74) is 3.23. The molecule has 0 aliphatic heterocycles. The molecular formula is C24H25FN2O6. The van der Waals surface area contributed by atoms with E-state index in [1.54, 1.807) is 18.2 Å². The predicted molar refractivity (Wildman–Crippen MR) is 122 cm³/mol. The van der Waals surface area contributed by atoms with Crippen molar-refractivity contribution in [3.8, 4) is 11.1 Å². The van der Waals surface area contributed by atoms with E-state index in [1.807, 2.05) is 42.7 Å². The molecule has 0 aliphatic carbocycles. The molecule has 0 aliphatic rings. The third kappa shape index (κ3) is 5.10. The van der Waals surface area contributed by atoms with E-state index >= 15 is 0 Å². The van der Waals surface area contributed by atoms with Crippen molar-refractivity contribution in [1.82, 2.24) is 4.57 Å². The van der Waals surface area contributed by atoms with Gasteiger partial charge in [-0.3, -0.25) is 10.1 Å². The molecule has 1 heterocycles. The van der Waals surface area contributed by atoms with Gasteiger partial charge in [-0.15, -0.1) is 0 Å². The number of carboxylic acids is 1. The van der Waals surface area contributed by atoms with Gasteiger partial charge in [-0.05, 0) is 43.7 Å². The van der Waals surface area contributed by atoms with Crippen LogP contribution in [0.25, 0.3) is 28.1 Å². The Balaban J connectivity index is 2.04. The Morgan fingerprint density at radius 2 is 1.79 bits per heavy atom. The summed E-state index contributed by atoms with van der Waals surface area (Å²) in [5, 5.41) is 41.2. The third-order valence-electron chi connectivity index (χ3n) is 5.40. The molecule has 3 rings (SSSR count). The standard InChI is InChI=1S/C24H25FN2O6/c1-14(2)26-19-6-4-3-5-18(19)22(15-7-9-16(25)10-8-15)20(26)12-11-17(28)13-21(29)23(24(30)31)27(32)33/h3-12,14,17,21,23,28-29H,13H2,1-2H3,(H,30,31)/b12-11+/t17-,21-,23?/m1/s1. The number of hydrogen-bond acceptors (Lipinski definition) is 5. The first kappa shape index (κ1) is 24.1. The Hall–Kier alpha value is -3.56. The van der Waals surface area contributed by atoms with E-state index in [0.717, 1.165) is 27.7 Å². The molecule has 2 aromatic carbocycles. The van der Waals surface area contributed by atoms with E-state index in [9.17, 15) is 29.5 Å². The molecule has 1 unspecified atom stereocenters. The average molecular weight is 456 g/mol. The number of fused-ring (bicyclic) bond motifs is 1. The average Bonchev–Trinajstić information content (AvgIpc) is 3.06. The summed E-state index contributed by atoms with van der Waals surface area (Å²) in [6.07, 6.45) is -0.728. The first-order valence-corrected chi connectivity index (χ1v) is 10.4. The molecule has 1 aromatic heterocycles. The summed E-state index contributed by atoms with van der Waals surface area (Å²) in [5.74, 6) is -2.14. The Morgan fingerprint density at radius 3 is 2.36 bits per heavy atom. The number of nitro groups is 1. The zero-order chi connectivity index (χ0) is 24.3. The van der Waals surface area contributed by atoms with Crippen LogP contribution in [0.2, 0.25) is 0 Å². The van der Waals surface area contributed by atoms with Gasteiger partial charge in [0.1, 0.15) is 11.9 Å². The molecule has 33 heavy (non-hydrogen) atoms. The topological polar surface area (TPSA) is 126 Å². The number of carbonyl (C=O) groups is 1. The van der Waals surface area contributed by atoms with Crippen LogP contribution in [0, 0.1) is 15.9 Å². The highest BCUT2D eigenvalue weighted by Crippen LogP contribution is 2.38. The minimum atomic E-state index is -2.23. The fourth-order valence-corrected chi connectivity index (χ4v) is 3.98. The van der Waals surface area contributed by atoms with E-state index in [1.165, 1.54) is 18.2 Å². The van der Waals surface area contributed by atoms with Crippen LogP contribution in [-0.2, 0) is 4.79 Å². The first-order valence-electron chi connectivity index (χ1n) is 10.4. The fourth-order valence-electron chi connectivity index (χ4n) is 3.98. The monoisotopic (exact) mass is 456 g/mol. The second-order valence-corrected chi connectivity index (χ2v) is 8.05. The number of aromatic nitrogens is 1. The van der Waals surface area contributed by atoms with E-state index in [-0.39, 0.29) is 11.9 Å². The van der Waals surface area contributed by atoms with Gasteiger partial charge < -0.3 is 19.9 Å². The van der Waals surface area contributed by atoms with Crippen LogP contribution in [0.3, 0.4) is 0 Å². The smallest absolute Gasteiger partial charge is 0.382 e. The molecule has 0 amide bonds. The molecule has 0 saturated heterocycles. The zero-order valence-corrected chi connectivity index (χ0v) is 18.1. The van der Waals surface area contributed by atoms with Crippen molar-refractivity contribution in [2.45, 2.75) is 44.6 Å². The Morgan fingerprint density at radius 1 is 1.15 bits per heavy atom. The van der Waals surface area contributed by atoms with Crippen LogP contribution in [0.4, 0.5) is 4.39 Å². The van der Waals surface area contributed by atoms with Crippen molar-refractivity contribution < 1.29 is 29.4 Å². The number of aliphatic hydroxyl groups excluding tert-OH is 2. The lowest BCUT2D eigenvalue weighted by Gasteiger charge is -2.16. The minimum Gasteiger partial charge on any atom is -0.476 e. The van der Waals surface area contributed by atoms with Crippen molar-refractivity contribution in [2.24, 2.45) is 0 Å². The van der Waals surface area contributed by atoms with Crippen molar-refractivity contribution in [3.05, 3.63) is 76.2 Å². The molecule has 0 fully saturated rings. The predicted octanol–water partition coefficient (Wildman–Crippen LogP) is 3.88. The molecule has 3 aromatic rings. The number of halogens is 1. The molecular weight excluding hydrogens is 431 g/mol. The third-order valence-corrected chi connectivity index (χ3v) is 5.40. The van der Waals surface area contributed by atoms with Crippen LogP contribution in [0.1, 0.15) is 32.0 Å². The highest BCUT2D eigenvalue weighted by molar-refractivity contribution is 6.01. The highest BCUT2D eigenvalue weighted by Gasteiger charge is 2.38. The summed E-state index contributed by atoms with van der Waals surface area (Å²) in [7, 11) is 0. The van der Waals surface area contributed by atoms with Gasteiger partial charge in [0.15, 0.2) is 0 Å². The largest absolute Gasteiger partial charge is 0.476 e. The van der Waals surface area contributed by atoms with Crippen LogP contribution in [-0.4, -0.2) is 49.0 Å². The summed E-state index contributed by atoms with van der Waals surface area (Å²) >= 11 is 0. The Kier molecular flexibility index (Phi) is 7.25. The number of nitrogens with zero attached hydrogens (tertiary/aromatic N) is 2.